The molecule has 2 heterocycles. The van der Waals surface area contributed by atoms with Gasteiger partial charge in [0, 0.05) is 13.1 Å². The smallest absolute Gasteiger partial charge is 0.323 e. The fraction of sp³-hybridized carbons (Fsp3) is 0.455. The summed E-state index contributed by atoms with van der Waals surface area (Å²) in [6.07, 6.45) is 0.416. The zero-order valence-electron chi connectivity index (χ0n) is 10.3. The van der Waals surface area contributed by atoms with Gasteiger partial charge in [-0.15, -0.1) is 11.3 Å². The second-order valence-electron chi connectivity index (χ2n) is 4.40. The Morgan fingerprint density at radius 3 is 2.74 bits per heavy atom. The lowest BCUT2D eigenvalue weighted by Gasteiger charge is -2.22. The monoisotopic (exact) mass is 302 g/mol. The van der Waals surface area contributed by atoms with E-state index in [0.29, 0.717) is 11.3 Å². The van der Waals surface area contributed by atoms with Gasteiger partial charge < -0.3 is 4.90 Å². The average molecular weight is 302 g/mol. The maximum absolute atomic E-state index is 11.9. The third-order valence-electron chi connectivity index (χ3n) is 3.04. The first kappa shape index (κ1) is 14.0. The van der Waals surface area contributed by atoms with Crippen LogP contribution in [0.1, 0.15) is 16.1 Å². The Labute approximate surface area is 115 Å². The van der Waals surface area contributed by atoms with Gasteiger partial charge in [-0.25, -0.2) is 13.2 Å². The molecule has 0 bridgehead atoms. The SMILES string of the molecule is CN(C(=O)NC(=O)c1cccs1)C1CCS(=O)(=O)C1. The van der Waals surface area contributed by atoms with E-state index in [9.17, 15) is 18.0 Å². The highest BCUT2D eigenvalue weighted by atomic mass is 32.2. The van der Waals surface area contributed by atoms with Crippen LogP contribution >= 0.6 is 11.3 Å². The van der Waals surface area contributed by atoms with Crippen molar-refractivity contribution in [2.75, 3.05) is 18.6 Å². The zero-order valence-corrected chi connectivity index (χ0v) is 12.0. The minimum absolute atomic E-state index is 0.0376. The summed E-state index contributed by atoms with van der Waals surface area (Å²) >= 11 is 1.24. The Balaban J connectivity index is 1.95. The van der Waals surface area contributed by atoms with Crippen LogP contribution in [0.15, 0.2) is 17.5 Å². The maximum atomic E-state index is 11.9. The predicted molar refractivity (Wildman–Crippen MR) is 72.0 cm³/mol. The Morgan fingerprint density at radius 1 is 1.47 bits per heavy atom. The lowest BCUT2D eigenvalue weighted by Crippen LogP contribution is -2.46. The van der Waals surface area contributed by atoms with Crippen molar-refractivity contribution < 1.29 is 18.0 Å². The number of nitrogens with one attached hydrogen (secondary N) is 1. The van der Waals surface area contributed by atoms with E-state index >= 15 is 0 Å². The molecule has 2 rings (SSSR count). The van der Waals surface area contributed by atoms with E-state index in [4.69, 9.17) is 0 Å². The molecule has 1 atom stereocenters. The first-order chi connectivity index (χ1) is 8.89. The van der Waals surface area contributed by atoms with Gasteiger partial charge in [0.25, 0.3) is 5.91 Å². The van der Waals surface area contributed by atoms with Crippen LogP contribution in [0.5, 0.6) is 0 Å². The summed E-state index contributed by atoms with van der Waals surface area (Å²) in [5.74, 6) is -0.411. The number of sulfone groups is 1. The molecule has 1 aromatic rings. The van der Waals surface area contributed by atoms with Crippen molar-refractivity contribution in [3.8, 4) is 0 Å². The van der Waals surface area contributed by atoms with E-state index < -0.39 is 21.8 Å². The third kappa shape index (κ3) is 3.32. The average Bonchev–Trinajstić information content (AvgIpc) is 2.96. The largest absolute Gasteiger partial charge is 0.324 e. The van der Waals surface area contributed by atoms with Crippen molar-refractivity contribution >= 4 is 33.1 Å². The maximum Gasteiger partial charge on any atom is 0.324 e. The van der Waals surface area contributed by atoms with Gasteiger partial charge in [-0.2, -0.15) is 0 Å². The van der Waals surface area contributed by atoms with Crippen molar-refractivity contribution in [3.63, 3.8) is 0 Å². The summed E-state index contributed by atoms with van der Waals surface area (Å²) < 4.78 is 22.7. The summed E-state index contributed by atoms with van der Waals surface area (Å²) in [5.41, 5.74) is 0. The van der Waals surface area contributed by atoms with Crippen LogP contribution in [0.2, 0.25) is 0 Å². The van der Waals surface area contributed by atoms with Crippen molar-refractivity contribution in [1.82, 2.24) is 10.2 Å². The Morgan fingerprint density at radius 2 is 2.21 bits per heavy atom. The van der Waals surface area contributed by atoms with Crippen molar-refractivity contribution in [1.29, 1.82) is 0 Å². The molecular formula is C11H14N2O4S2. The number of nitrogens with zero attached hydrogens (tertiary/aromatic N) is 1. The number of hydrogen-bond donors (Lipinski definition) is 1. The molecule has 1 aliphatic rings. The normalized spacial score (nSPS) is 21.0. The predicted octanol–water partition coefficient (Wildman–Crippen LogP) is 0.717. The van der Waals surface area contributed by atoms with Gasteiger partial charge in [0.05, 0.1) is 16.4 Å². The van der Waals surface area contributed by atoms with Crippen LogP contribution in [-0.2, 0) is 9.84 Å². The quantitative estimate of drug-likeness (QED) is 0.872. The fourth-order valence-electron chi connectivity index (χ4n) is 1.90. The topological polar surface area (TPSA) is 83.6 Å². The second-order valence-corrected chi connectivity index (χ2v) is 7.58. The van der Waals surface area contributed by atoms with Crippen LogP contribution in [-0.4, -0.2) is 49.9 Å². The Bertz CT molecular complexity index is 580. The molecule has 0 aliphatic carbocycles. The van der Waals surface area contributed by atoms with Crippen molar-refractivity contribution in [2.45, 2.75) is 12.5 Å². The standard InChI is InChI=1S/C11H14N2O4S2/c1-13(8-4-6-19(16,17)7-8)11(15)12-10(14)9-3-2-5-18-9/h2-3,5,8H,4,6-7H2,1H3,(H,12,14,15). The molecule has 0 radical (unpaired) electrons. The number of urea groups is 1. The summed E-state index contributed by atoms with van der Waals surface area (Å²) in [7, 11) is -1.55. The Hall–Kier alpha value is -1.41. The summed E-state index contributed by atoms with van der Waals surface area (Å²) in [4.78, 5) is 25.3. The lowest BCUT2D eigenvalue weighted by atomic mass is 10.2. The van der Waals surface area contributed by atoms with E-state index in [0.717, 1.165) is 0 Å². The van der Waals surface area contributed by atoms with Gasteiger partial charge in [-0.05, 0) is 17.9 Å². The summed E-state index contributed by atoms with van der Waals surface area (Å²) in [5, 5.41) is 3.99. The number of hydrogen-bond acceptors (Lipinski definition) is 5. The minimum Gasteiger partial charge on any atom is -0.323 e. The number of rotatable bonds is 2. The molecule has 0 saturated carbocycles. The minimum atomic E-state index is -3.05. The molecular weight excluding hydrogens is 288 g/mol. The second kappa shape index (κ2) is 5.30. The Kier molecular flexibility index (Phi) is 3.91. The number of thiophene rings is 1. The molecule has 1 saturated heterocycles. The highest BCUT2D eigenvalue weighted by Gasteiger charge is 2.33. The van der Waals surface area contributed by atoms with Crippen molar-refractivity contribution in [2.24, 2.45) is 0 Å². The van der Waals surface area contributed by atoms with Gasteiger partial charge in [0.1, 0.15) is 0 Å². The van der Waals surface area contributed by atoms with Crippen LogP contribution in [0, 0.1) is 0 Å². The zero-order chi connectivity index (χ0) is 14.0. The van der Waals surface area contributed by atoms with Gasteiger partial charge in [-0.3, -0.25) is 10.1 Å². The molecule has 0 aromatic carbocycles. The molecule has 1 fully saturated rings. The number of carbonyl (C=O) groups excluding carboxylic acids is 2. The first-order valence-corrected chi connectivity index (χ1v) is 8.41. The van der Waals surface area contributed by atoms with E-state index in [1.807, 2.05) is 0 Å². The highest BCUT2D eigenvalue weighted by Crippen LogP contribution is 2.16. The van der Waals surface area contributed by atoms with Gasteiger partial charge in [-0.1, -0.05) is 6.07 Å². The summed E-state index contributed by atoms with van der Waals surface area (Å²) in [6, 6.07) is 2.41. The molecule has 1 aromatic heterocycles. The van der Waals surface area contributed by atoms with E-state index in [2.05, 4.69) is 5.32 Å². The molecule has 1 aliphatic heterocycles. The molecule has 0 spiro atoms. The first-order valence-electron chi connectivity index (χ1n) is 5.71. The van der Waals surface area contributed by atoms with Crippen LogP contribution in [0.3, 0.4) is 0 Å². The highest BCUT2D eigenvalue weighted by molar-refractivity contribution is 7.91. The van der Waals surface area contributed by atoms with Gasteiger partial charge >= 0.3 is 6.03 Å². The third-order valence-corrected chi connectivity index (χ3v) is 5.66. The van der Waals surface area contributed by atoms with Gasteiger partial charge in [0.2, 0.25) is 0 Å². The molecule has 6 nitrogen and oxygen atoms in total. The van der Waals surface area contributed by atoms with Gasteiger partial charge in [0.15, 0.2) is 9.84 Å². The van der Waals surface area contributed by atoms with Crippen LogP contribution in [0.25, 0.3) is 0 Å². The van der Waals surface area contributed by atoms with Crippen molar-refractivity contribution in [3.05, 3.63) is 22.4 Å². The molecule has 104 valence electrons. The molecule has 1 N–H and O–H groups in total. The van der Waals surface area contributed by atoms with E-state index in [1.165, 1.54) is 23.3 Å². The number of amides is 3. The molecule has 8 heteroatoms. The van der Waals surface area contributed by atoms with E-state index in [-0.39, 0.29) is 17.5 Å². The number of imide groups is 1. The number of carbonyl (C=O) groups is 2. The van der Waals surface area contributed by atoms with Crippen LogP contribution < -0.4 is 5.32 Å². The fourth-order valence-corrected chi connectivity index (χ4v) is 4.29. The van der Waals surface area contributed by atoms with E-state index in [1.54, 1.807) is 17.5 Å². The molecule has 3 amide bonds. The molecule has 19 heavy (non-hydrogen) atoms. The summed E-state index contributed by atoms with van der Waals surface area (Å²) in [6.45, 7) is 0. The van der Waals surface area contributed by atoms with Crippen LogP contribution in [0.4, 0.5) is 4.79 Å². The lowest BCUT2D eigenvalue weighted by molar-refractivity contribution is 0.0955. The molecule has 1 unspecified atom stereocenters.